The van der Waals surface area contributed by atoms with Gasteiger partial charge < -0.3 is 9.84 Å². The Kier molecular flexibility index (Phi) is 4.52. The van der Waals surface area contributed by atoms with Crippen LogP contribution in [0.2, 0.25) is 0 Å². The van der Waals surface area contributed by atoms with Crippen LogP contribution in [0.3, 0.4) is 0 Å². The fourth-order valence-electron chi connectivity index (χ4n) is 2.24. The van der Waals surface area contributed by atoms with Crippen LogP contribution in [0.15, 0.2) is 18.2 Å². The highest BCUT2D eigenvalue weighted by Gasteiger charge is 2.23. The van der Waals surface area contributed by atoms with Gasteiger partial charge in [0.2, 0.25) is 5.69 Å². The van der Waals surface area contributed by atoms with Crippen LogP contribution >= 0.6 is 0 Å². The average Bonchev–Trinajstić information content (AvgIpc) is 2.33. The number of ether oxygens (including phenoxy) is 1. The zero-order chi connectivity index (χ0) is 13.0. The first-order valence-electron chi connectivity index (χ1n) is 6.19. The number of nitrogens with two attached hydrogens (primary N) is 1. The molecule has 0 amide bonds. The fourth-order valence-corrected chi connectivity index (χ4v) is 2.24. The molecule has 3 N–H and O–H groups in total. The number of rotatable bonds is 4. The van der Waals surface area contributed by atoms with Gasteiger partial charge in [-0.2, -0.15) is 5.48 Å². The molecule has 0 saturated heterocycles. The number of hydrogen-bond donors (Lipinski definition) is 2. The Labute approximate surface area is 106 Å². The number of benzene rings is 1. The molecule has 18 heavy (non-hydrogen) atoms. The summed E-state index contributed by atoms with van der Waals surface area (Å²) in [6, 6.07) is 4.34. The SMILES string of the molecule is CO[NH2+]c1ccc(F)cc1OC1CCCC(O)C1. The van der Waals surface area contributed by atoms with Crippen LogP contribution in [-0.2, 0) is 4.84 Å². The molecule has 0 spiro atoms. The summed E-state index contributed by atoms with van der Waals surface area (Å²) < 4.78 is 19.0. The van der Waals surface area contributed by atoms with E-state index in [0.717, 1.165) is 19.3 Å². The van der Waals surface area contributed by atoms with Crippen LogP contribution in [0.4, 0.5) is 10.1 Å². The van der Waals surface area contributed by atoms with Crippen LogP contribution in [0.25, 0.3) is 0 Å². The molecule has 0 aliphatic heterocycles. The molecule has 1 fully saturated rings. The number of hydrogen-bond acceptors (Lipinski definition) is 3. The monoisotopic (exact) mass is 256 g/mol. The lowest BCUT2D eigenvalue weighted by Gasteiger charge is -2.26. The summed E-state index contributed by atoms with van der Waals surface area (Å²) in [5.41, 5.74) is 2.23. The average molecular weight is 256 g/mol. The Morgan fingerprint density at radius 3 is 2.94 bits per heavy atom. The van der Waals surface area contributed by atoms with Crippen molar-refractivity contribution in [2.75, 3.05) is 7.11 Å². The Morgan fingerprint density at radius 1 is 1.39 bits per heavy atom. The molecular formula is C13H19FNO3+. The maximum Gasteiger partial charge on any atom is 0.204 e. The van der Waals surface area contributed by atoms with E-state index in [1.54, 1.807) is 6.07 Å². The number of aliphatic hydroxyl groups excluding tert-OH is 1. The zero-order valence-electron chi connectivity index (χ0n) is 10.4. The first kappa shape index (κ1) is 13.3. The quantitative estimate of drug-likeness (QED) is 0.630. The topological polar surface area (TPSA) is 55.3 Å². The molecule has 1 aromatic rings. The largest absolute Gasteiger partial charge is 0.484 e. The third kappa shape index (κ3) is 3.41. The predicted molar refractivity (Wildman–Crippen MR) is 63.9 cm³/mol. The van der Waals surface area contributed by atoms with Crippen LogP contribution in [0.5, 0.6) is 5.75 Å². The normalized spacial score (nSPS) is 23.9. The number of quaternary nitrogens is 1. The lowest BCUT2D eigenvalue weighted by molar-refractivity contribution is -0.830. The molecule has 1 aromatic carbocycles. The molecule has 0 radical (unpaired) electrons. The highest BCUT2D eigenvalue weighted by molar-refractivity contribution is 5.45. The minimum Gasteiger partial charge on any atom is -0.484 e. The summed E-state index contributed by atoms with van der Waals surface area (Å²) in [5.74, 6) is 0.130. The summed E-state index contributed by atoms with van der Waals surface area (Å²) in [5, 5.41) is 9.60. The second-order valence-electron chi connectivity index (χ2n) is 4.60. The van der Waals surface area contributed by atoms with Crippen molar-refractivity contribution in [2.24, 2.45) is 0 Å². The van der Waals surface area contributed by atoms with Crippen molar-refractivity contribution in [2.45, 2.75) is 37.9 Å². The van der Waals surface area contributed by atoms with Gasteiger partial charge in [0.05, 0.1) is 13.2 Å². The highest BCUT2D eigenvalue weighted by atomic mass is 19.1. The molecule has 0 aromatic heterocycles. The van der Waals surface area contributed by atoms with E-state index in [4.69, 9.17) is 9.57 Å². The van der Waals surface area contributed by atoms with E-state index in [0.29, 0.717) is 17.9 Å². The molecule has 2 unspecified atom stereocenters. The molecule has 100 valence electrons. The van der Waals surface area contributed by atoms with Crippen molar-refractivity contribution in [3.05, 3.63) is 24.0 Å². The Hall–Kier alpha value is -1.17. The molecule has 0 bridgehead atoms. The maximum atomic E-state index is 13.2. The van der Waals surface area contributed by atoms with Gasteiger partial charge in [-0.05, 0) is 25.3 Å². The predicted octanol–water partition coefficient (Wildman–Crippen LogP) is 1.26. The molecule has 1 aliphatic rings. The smallest absolute Gasteiger partial charge is 0.204 e. The van der Waals surface area contributed by atoms with E-state index in [1.165, 1.54) is 24.7 Å². The lowest BCUT2D eigenvalue weighted by atomic mass is 9.95. The first-order valence-corrected chi connectivity index (χ1v) is 6.19. The van der Waals surface area contributed by atoms with Crippen molar-refractivity contribution < 1.29 is 24.6 Å². The van der Waals surface area contributed by atoms with Crippen LogP contribution in [0, 0.1) is 5.82 Å². The Balaban J connectivity index is 2.08. The van der Waals surface area contributed by atoms with E-state index in [-0.39, 0.29) is 18.0 Å². The molecule has 0 heterocycles. The summed E-state index contributed by atoms with van der Waals surface area (Å²) in [7, 11) is 1.54. The van der Waals surface area contributed by atoms with Crippen LogP contribution < -0.4 is 10.2 Å². The second kappa shape index (κ2) is 6.13. The van der Waals surface area contributed by atoms with E-state index in [9.17, 15) is 9.50 Å². The van der Waals surface area contributed by atoms with Crippen LogP contribution in [0.1, 0.15) is 25.7 Å². The maximum absolute atomic E-state index is 13.2. The lowest BCUT2D eigenvalue weighted by Crippen LogP contribution is -2.76. The van der Waals surface area contributed by atoms with Crippen molar-refractivity contribution in [3.8, 4) is 5.75 Å². The summed E-state index contributed by atoms with van der Waals surface area (Å²) in [4.78, 5) is 4.94. The molecular weight excluding hydrogens is 237 g/mol. The van der Waals surface area contributed by atoms with Gasteiger partial charge >= 0.3 is 0 Å². The third-order valence-corrected chi connectivity index (χ3v) is 3.11. The van der Waals surface area contributed by atoms with Crippen molar-refractivity contribution in [1.29, 1.82) is 0 Å². The Bertz CT molecular complexity index is 400. The molecule has 2 rings (SSSR count). The zero-order valence-corrected chi connectivity index (χ0v) is 10.4. The summed E-state index contributed by atoms with van der Waals surface area (Å²) >= 11 is 0. The molecule has 4 nitrogen and oxygen atoms in total. The summed E-state index contributed by atoms with van der Waals surface area (Å²) in [6.45, 7) is 0. The van der Waals surface area contributed by atoms with Gasteiger partial charge in [0.15, 0.2) is 5.75 Å². The Morgan fingerprint density at radius 2 is 2.22 bits per heavy atom. The van der Waals surface area contributed by atoms with Gasteiger partial charge in [0.25, 0.3) is 0 Å². The van der Waals surface area contributed by atoms with E-state index in [2.05, 4.69) is 0 Å². The fraction of sp³-hybridized carbons (Fsp3) is 0.538. The van der Waals surface area contributed by atoms with Gasteiger partial charge in [-0.25, -0.2) is 9.23 Å². The minimum absolute atomic E-state index is 0.0560. The van der Waals surface area contributed by atoms with E-state index < -0.39 is 0 Å². The first-order chi connectivity index (χ1) is 8.69. The minimum atomic E-state index is -0.338. The molecule has 1 aliphatic carbocycles. The van der Waals surface area contributed by atoms with Gasteiger partial charge in [-0.3, -0.25) is 0 Å². The van der Waals surface area contributed by atoms with Crippen LogP contribution in [-0.4, -0.2) is 24.4 Å². The number of halogens is 1. The van der Waals surface area contributed by atoms with Crippen molar-refractivity contribution >= 4 is 5.69 Å². The molecule has 5 heteroatoms. The third-order valence-electron chi connectivity index (χ3n) is 3.11. The van der Waals surface area contributed by atoms with E-state index in [1.807, 2.05) is 0 Å². The van der Waals surface area contributed by atoms with E-state index >= 15 is 0 Å². The van der Waals surface area contributed by atoms with Gasteiger partial charge in [0.1, 0.15) is 11.9 Å². The van der Waals surface area contributed by atoms with Crippen molar-refractivity contribution in [3.63, 3.8) is 0 Å². The summed E-state index contributed by atoms with van der Waals surface area (Å²) in [6.07, 6.45) is 2.87. The van der Waals surface area contributed by atoms with Crippen molar-refractivity contribution in [1.82, 2.24) is 0 Å². The second-order valence-corrected chi connectivity index (χ2v) is 4.60. The van der Waals surface area contributed by atoms with Gasteiger partial charge in [0, 0.05) is 18.6 Å². The standard InChI is InChI=1S/C13H18FNO3/c1-17-15-12-6-5-9(14)7-13(12)18-11-4-2-3-10(16)8-11/h5-7,10-11,15-16H,2-4,8H2,1H3/p+1. The van der Waals surface area contributed by atoms with Gasteiger partial charge in [-0.1, -0.05) is 0 Å². The molecule has 2 atom stereocenters. The molecule has 1 saturated carbocycles. The highest BCUT2D eigenvalue weighted by Crippen LogP contribution is 2.27. The number of aliphatic hydroxyl groups is 1. The van der Waals surface area contributed by atoms with Gasteiger partial charge in [-0.15, -0.1) is 0 Å².